The third kappa shape index (κ3) is 60.8. The zero-order chi connectivity index (χ0) is 43.5. The molecule has 0 heterocycles. The number of unbranched alkanes of at least 4 members (excludes halogenated alkanes) is 27. The van der Waals surface area contributed by atoms with E-state index in [1.165, 1.54) is 161 Å². The molecule has 0 aliphatic heterocycles. The second-order valence-electron chi connectivity index (χ2n) is 16.0. The van der Waals surface area contributed by atoms with Gasteiger partial charge in [0.25, 0.3) is 0 Å². The number of aliphatic hydroxyl groups is 3. The molecule has 0 bridgehead atoms. The van der Waals surface area contributed by atoms with E-state index in [4.69, 9.17) is 30.6 Å². The first-order valence-corrected chi connectivity index (χ1v) is 23.7. The van der Waals surface area contributed by atoms with Gasteiger partial charge in [-0.25, -0.2) is 0 Å². The molecule has 0 aromatic heterocycles. The van der Waals surface area contributed by atoms with Crippen molar-refractivity contribution in [1.82, 2.24) is 0 Å². The first kappa shape index (κ1) is 61.7. The summed E-state index contributed by atoms with van der Waals surface area (Å²) in [5.74, 6) is -1.98. The van der Waals surface area contributed by atoms with Crippen LogP contribution in [0.2, 0.25) is 0 Å². The van der Waals surface area contributed by atoms with Crippen LogP contribution in [0.1, 0.15) is 252 Å². The SMILES string of the molecule is CCC(CO)(CO)CO.CCCCCCCC/C=C\CCCCCCCC(=O)O.CCCCCCCCCCCC(=O)O.CCCCCCCCCCCC(=O)O. The largest absolute Gasteiger partial charge is 0.481 e. The summed E-state index contributed by atoms with van der Waals surface area (Å²) in [5, 5.41) is 51.3. The van der Waals surface area contributed by atoms with Gasteiger partial charge in [0.05, 0.1) is 19.8 Å². The van der Waals surface area contributed by atoms with E-state index in [0.717, 1.165) is 38.5 Å². The maximum absolute atomic E-state index is 10.3. The molecule has 0 aromatic carbocycles. The van der Waals surface area contributed by atoms with Gasteiger partial charge in [0.2, 0.25) is 0 Å². The highest BCUT2D eigenvalue weighted by molar-refractivity contribution is 5.67. The highest BCUT2D eigenvalue weighted by Gasteiger charge is 2.24. The fourth-order valence-electron chi connectivity index (χ4n) is 6.01. The minimum atomic E-state index is -0.667. The fraction of sp³-hybridized carbons (Fsp3) is 0.896. The Bertz CT molecular complexity index is 777. The van der Waals surface area contributed by atoms with Crippen molar-refractivity contribution >= 4 is 17.9 Å². The van der Waals surface area contributed by atoms with Gasteiger partial charge in [-0.1, -0.05) is 194 Å². The number of allylic oxidation sites excluding steroid dienone is 2. The summed E-state index contributed by atoms with van der Waals surface area (Å²) >= 11 is 0. The van der Waals surface area contributed by atoms with Gasteiger partial charge >= 0.3 is 17.9 Å². The van der Waals surface area contributed by atoms with Crippen molar-refractivity contribution in [3.8, 4) is 0 Å². The Kier molecular flexibility index (Phi) is 58.5. The molecule has 0 rings (SSSR count). The summed E-state index contributed by atoms with van der Waals surface area (Å²) in [5.41, 5.74) is -0.667. The topological polar surface area (TPSA) is 173 Å². The molecule has 0 unspecified atom stereocenters. The molecule has 9 heteroatoms. The molecule has 0 aliphatic rings. The quantitative estimate of drug-likeness (QED) is 0.0261. The van der Waals surface area contributed by atoms with Crippen LogP contribution < -0.4 is 0 Å². The molecular formula is C48H96O9. The van der Waals surface area contributed by atoms with Crippen LogP contribution in [0.5, 0.6) is 0 Å². The number of carbonyl (C=O) groups is 3. The summed E-state index contributed by atoms with van der Waals surface area (Å²) < 4.78 is 0. The lowest BCUT2D eigenvalue weighted by atomic mass is 9.88. The number of hydrogen-bond donors (Lipinski definition) is 6. The van der Waals surface area contributed by atoms with Gasteiger partial charge in [0.15, 0.2) is 0 Å². The molecule has 6 N–H and O–H groups in total. The second kappa shape index (κ2) is 54.0. The van der Waals surface area contributed by atoms with E-state index in [-0.39, 0.29) is 19.8 Å². The highest BCUT2D eigenvalue weighted by Crippen LogP contribution is 2.18. The predicted octanol–water partition coefficient (Wildman–Crippen LogP) is 13.5. The van der Waals surface area contributed by atoms with Crippen LogP contribution in [-0.4, -0.2) is 68.4 Å². The molecule has 0 spiro atoms. The van der Waals surface area contributed by atoms with E-state index >= 15 is 0 Å². The average Bonchev–Trinajstić information content (AvgIpc) is 3.19. The van der Waals surface area contributed by atoms with Gasteiger partial charge in [0, 0.05) is 24.7 Å². The molecule has 0 atom stereocenters. The van der Waals surface area contributed by atoms with Crippen molar-refractivity contribution in [2.45, 2.75) is 252 Å². The maximum atomic E-state index is 10.3. The van der Waals surface area contributed by atoms with Crippen LogP contribution in [0.4, 0.5) is 0 Å². The van der Waals surface area contributed by atoms with E-state index in [0.29, 0.717) is 25.7 Å². The number of carboxylic acids is 3. The van der Waals surface area contributed by atoms with Crippen molar-refractivity contribution < 1.29 is 45.0 Å². The maximum Gasteiger partial charge on any atom is 0.303 e. The van der Waals surface area contributed by atoms with Crippen LogP contribution in [0.3, 0.4) is 0 Å². The van der Waals surface area contributed by atoms with Crippen LogP contribution in [0.15, 0.2) is 12.2 Å². The lowest BCUT2D eigenvalue weighted by Crippen LogP contribution is -2.32. The Hall–Kier alpha value is -1.97. The Morgan fingerprint density at radius 2 is 0.561 bits per heavy atom. The van der Waals surface area contributed by atoms with Crippen molar-refractivity contribution in [2.24, 2.45) is 5.41 Å². The summed E-state index contributed by atoms with van der Waals surface area (Å²) in [6.07, 6.45) is 44.8. The number of hydrogen-bond acceptors (Lipinski definition) is 6. The molecule has 9 nitrogen and oxygen atoms in total. The normalized spacial score (nSPS) is 10.9. The summed E-state index contributed by atoms with van der Waals surface area (Å²) in [6, 6.07) is 0. The van der Waals surface area contributed by atoms with Crippen molar-refractivity contribution in [2.75, 3.05) is 19.8 Å². The summed E-state index contributed by atoms with van der Waals surface area (Å²) in [7, 11) is 0. The summed E-state index contributed by atoms with van der Waals surface area (Å²) in [6.45, 7) is 8.07. The number of rotatable bonds is 39. The molecule has 0 saturated heterocycles. The first-order chi connectivity index (χ1) is 27.6. The van der Waals surface area contributed by atoms with Crippen molar-refractivity contribution in [3.63, 3.8) is 0 Å². The minimum absolute atomic E-state index is 0.156. The Labute approximate surface area is 351 Å². The lowest BCUT2D eigenvalue weighted by molar-refractivity contribution is -0.138. The molecular weight excluding hydrogens is 721 g/mol. The van der Waals surface area contributed by atoms with E-state index in [1.807, 2.05) is 6.92 Å². The summed E-state index contributed by atoms with van der Waals surface area (Å²) in [4.78, 5) is 30.7. The minimum Gasteiger partial charge on any atom is -0.481 e. The van der Waals surface area contributed by atoms with Gasteiger partial charge in [-0.05, 0) is 51.4 Å². The van der Waals surface area contributed by atoms with Crippen LogP contribution in [-0.2, 0) is 14.4 Å². The number of aliphatic carboxylic acids is 3. The number of aliphatic hydroxyl groups excluding tert-OH is 3. The smallest absolute Gasteiger partial charge is 0.303 e. The molecule has 57 heavy (non-hydrogen) atoms. The van der Waals surface area contributed by atoms with Crippen molar-refractivity contribution in [3.05, 3.63) is 12.2 Å². The Balaban J connectivity index is -0.000000340. The monoisotopic (exact) mass is 817 g/mol. The molecule has 0 amide bonds. The van der Waals surface area contributed by atoms with Gasteiger partial charge in [0.1, 0.15) is 0 Å². The number of carboxylic acid groups (broad SMARTS) is 3. The van der Waals surface area contributed by atoms with E-state index in [9.17, 15) is 14.4 Å². The second-order valence-corrected chi connectivity index (χ2v) is 16.0. The standard InChI is InChI=1S/C18H34O2.2C12H24O2.C6H14O3/c1-2-3-4-5-6-7-8-9-10-11-12-13-14-15-16-17-18(19)20;2*1-2-3-4-5-6-7-8-9-10-11-12(13)14;1-2-6(3-7,4-8)5-9/h9-10H,2-8,11-17H2,1H3,(H,19,20);2*2-11H2,1H3,(H,13,14);7-9H,2-5H2,1H3/b10-9-;;;. The zero-order valence-electron chi connectivity index (χ0n) is 37.9. The van der Waals surface area contributed by atoms with Crippen molar-refractivity contribution in [1.29, 1.82) is 0 Å². The Morgan fingerprint density at radius 1 is 0.351 bits per heavy atom. The van der Waals surface area contributed by atoms with Crippen LogP contribution in [0, 0.1) is 5.41 Å². The van der Waals surface area contributed by atoms with Gasteiger partial charge in [-0.15, -0.1) is 0 Å². The third-order valence-corrected chi connectivity index (χ3v) is 10.4. The van der Waals surface area contributed by atoms with E-state index in [1.54, 1.807) is 0 Å². The van der Waals surface area contributed by atoms with Gasteiger partial charge in [-0.2, -0.15) is 0 Å². The molecule has 0 radical (unpaired) electrons. The lowest BCUT2D eigenvalue weighted by Gasteiger charge is -2.24. The zero-order valence-corrected chi connectivity index (χ0v) is 37.9. The third-order valence-electron chi connectivity index (χ3n) is 10.4. The molecule has 0 aliphatic carbocycles. The van der Waals surface area contributed by atoms with E-state index < -0.39 is 23.3 Å². The van der Waals surface area contributed by atoms with Gasteiger partial charge in [-0.3, -0.25) is 14.4 Å². The molecule has 0 fully saturated rings. The average molecular weight is 817 g/mol. The molecule has 0 aromatic rings. The first-order valence-electron chi connectivity index (χ1n) is 23.7. The highest BCUT2D eigenvalue weighted by atomic mass is 16.4. The van der Waals surface area contributed by atoms with Crippen LogP contribution >= 0.6 is 0 Å². The molecule has 0 saturated carbocycles. The van der Waals surface area contributed by atoms with Crippen LogP contribution in [0.25, 0.3) is 0 Å². The van der Waals surface area contributed by atoms with Gasteiger partial charge < -0.3 is 30.6 Å². The Morgan fingerprint density at radius 3 is 0.737 bits per heavy atom. The molecule has 342 valence electrons. The predicted molar refractivity (Wildman–Crippen MR) is 240 cm³/mol. The van der Waals surface area contributed by atoms with E-state index in [2.05, 4.69) is 32.9 Å². The fourth-order valence-corrected chi connectivity index (χ4v) is 6.01.